The van der Waals surface area contributed by atoms with Crippen LogP contribution in [0.4, 0.5) is 0 Å². The number of aromatic hydroxyl groups is 1. The Bertz CT molecular complexity index is 583. The highest BCUT2D eigenvalue weighted by Gasteiger charge is 2.15. The van der Waals surface area contributed by atoms with Crippen molar-refractivity contribution in [1.82, 2.24) is 9.88 Å². The van der Waals surface area contributed by atoms with E-state index < -0.39 is 0 Å². The Balaban J connectivity index is 2.55. The number of carbonyl (C=O) groups is 1. The van der Waals surface area contributed by atoms with Gasteiger partial charge in [-0.15, -0.1) is 0 Å². The monoisotopic (exact) mass is 244 g/mol. The molecule has 94 valence electrons. The van der Waals surface area contributed by atoms with Crippen molar-refractivity contribution >= 4 is 5.91 Å². The quantitative estimate of drug-likeness (QED) is 0.850. The van der Waals surface area contributed by atoms with Gasteiger partial charge in [0.05, 0.1) is 5.56 Å². The standard InChI is InChI=1S/C14H16N2O2/c1-9-8-13(14(18)15-3)10(2)16(9)11-4-6-12(17)7-5-11/h4-8,17H,1-3H3,(H,15,18). The van der Waals surface area contributed by atoms with Crippen molar-refractivity contribution in [3.8, 4) is 11.4 Å². The third-order valence-corrected chi connectivity index (χ3v) is 3.01. The fourth-order valence-corrected chi connectivity index (χ4v) is 2.13. The number of nitrogens with one attached hydrogen (secondary N) is 1. The number of phenols is 1. The molecule has 4 heteroatoms. The molecule has 0 aliphatic carbocycles. The molecule has 0 saturated heterocycles. The van der Waals surface area contributed by atoms with Crippen LogP contribution in [-0.2, 0) is 0 Å². The van der Waals surface area contributed by atoms with E-state index in [1.54, 1.807) is 19.2 Å². The summed E-state index contributed by atoms with van der Waals surface area (Å²) in [6, 6.07) is 8.77. The molecule has 18 heavy (non-hydrogen) atoms. The van der Waals surface area contributed by atoms with E-state index >= 15 is 0 Å². The highest BCUT2D eigenvalue weighted by atomic mass is 16.3. The summed E-state index contributed by atoms with van der Waals surface area (Å²) in [7, 11) is 1.62. The second-order valence-electron chi connectivity index (χ2n) is 4.22. The van der Waals surface area contributed by atoms with Crippen LogP contribution in [0, 0.1) is 13.8 Å². The molecular formula is C14H16N2O2. The number of hydrogen-bond donors (Lipinski definition) is 2. The predicted molar refractivity (Wildman–Crippen MR) is 70.3 cm³/mol. The number of carbonyl (C=O) groups excluding carboxylic acids is 1. The highest BCUT2D eigenvalue weighted by Crippen LogP contribution is 2.22. The molecule has 2 aromatic rings. The maximum absolute atomic E-state index is 11.7. The van der Waals surface area contributed by atoms with Gasteiger partial charge in [0.2, 0.25) is 0 Å². The van der Waals surface area contributed by atoms with Gasteiger partial charge in [0.25, 0.3) is 5.91 Å². The summed E-state index contributed by atoms with van der Waals surface area (Å²) in [5.74, 6) is 0.140. The van der Waals surface area contributed by atoms with E-state index in [1.807, 2.05) is 36.6 Å². The number of hydrogen-bond acceptors (Lipinski definition) is 2. The minimum Gasteiger partial charge on any atom is -0.508 e. The molecule has 1 aromatic carbocycles. The fourth-order valence-electron chi connectivity index (χ4n) is 2.13. The van der Waals surface area contributed by atoms with Gasteiger partial charge in [-0.3, -0.25) is 4.79 Å². The van der Waals surface area contributed by atoms with Crippen molar-refractivity contribution in [2.24, 2.45) is 0 Å². The lowest BCUT2D eigenvalue weighted by molar-refractivity contribution is 0.0962. The van der Waals surface area contributed by atoms with E-state index in [0.29, 0.717) is 5.56 Å². The molecule has 1 heterocycles. The molecule has 0 saturated carbocycles. The molecule has 0 atom stereocenters. The average molecular weight is 244 g/mol. The first-order valence-corrected chi connectivity index (χ1v) is 5.75. The molecule has 0 radical (unpaired) electrons. The zero-order valence-corrected chi connectivity index (χ0v) is 10.7. The molecule has 0 aliphatic heterocycles. The summed E-state index contributed by atoms with van der Waals surface area (Å²) in [5, 5.41) is 11.9. The summed E-state index contributed by atoms with van der Waals surface area (Å²) in [6.45, 7) is 3.86. The summed E-state index contributed by atoms with van der Waals surface area (Å²) >= 11 is 0. The maximum atomic E-state index is 11.7. The largest absolute Gasteiger partial charge is 0.508 e. The Morgan fingerprint density at radius 3 is 2.39 bits per heavy atom. The number of rotatable bonds is 2. The lowest BCUT2D eigenvalue weighted by Crippen LogP contribution is -2.18. The molecule has 1 aromatic heterocycles. The van der Waals surface area contributed by atoms with Crippen molar-refractivity contribution in [2.75, 3.05) is 7.05 Å². The van der Waals surface area contributed by atoms with Gasteiger partial charge in [-0.2, -0.15) is 0 Å². The van der Waals surface area contributed by atoms with Gasteiger partial charge in [-0.1, -0.05) is 0 Å². The summed E-state index contributed by atoms with van der Waals surface area (Å²) in [5.41, 5.74) is 3.47. The lowest BCUT2D eigenvalue weighted by Gasteiger charge is -2.09. The molecule has 1 amide bonds. The number of aromatic nitrogens is 1. The molecule has 0 spiro atoms. The van der Waals surface area contributed by atoms with Crippen molar-refractivity contribution in [2.45, 2.75) is 13.8 Å². The van der Waals surface area contributed by atoms with E-state index in [-0.39, 0.29) is 11.7 Å². The van der Waals surface area contributed by atoms with Gasteiger partial charge >= 0.3 is 0 Å². The van der Waals surface area contributed by atoms with E-state index in [2.05, 4.69) is 5.32 Å². The van der Waals surface area contributed by atoms with Gasteiger partial charge in [0, 0.05) is 24.1 Å². The average Bonchev–Trinajstić information content (AvgIpc) is 2.65. The predicted octanol–water partition coefficient (Wildman–Crippen LogP) is 2.16. The van der Waals surface area contributed by atoms with Gasteiger partial charge in [0.1, 0.15) is 5.75 Å². The van der Waals surface area contributed by atoms with Gasteiger partial charge in [-0.25, -0.2) is 0 Å². The van der Waals surface area contributed by atoms with Crippen LogP contribution in [0.15, 0.2) is 30.3 Å². The molecule has 0 unspecified atom stereocenters. The second kappa shape index (κ2) is 4.56. The van der Waals surface area contributed by atoms with Crippen LogP contribution in [0.2, 0.25) is 0 Å². The Hall–Kier alpha value is -2.23. The van der Waals surface area contributed by atoms with Crippen LogP contribution in [0.1, 0.15) is 21.7 Å². The smallest absolute Gasteiger partial charge is 0.252 e. The SMILES string of the molecule is CNC(=O)c1cc(C)n(-c2ccc(O)cc2)c1C. The zero-order chi connectivity index (χ0) is 13.3. The number of aryl methyl sites for hydroxylation is 1. The van der Waals surface area contributed by atoms with Crippen LogP contribution in [-0.4, -0.2) is 22.6 Å². The number of benzene rings is 1. The second-order valence-corrected chi connectivity index (χ2v) is 4.22. The summed E-state index contributed by atoms with van der Waals surface area (Å²) < 4.78 is 1.99. The molecule has 0 aliphatic rings. The van der Waals surface area contributed by atoms with Crippen LogP contribution in [0.5, 0.6) is 5.75 Å². The van der Waals surface area contributed by atoms with Gasteiger partial charge < -0.3 is 15.0 Å². The van der Waals surface area contributed by atoms with E-state index in [4.69, 9.17) is 0 Å². The summed E-state index contributed by atoms with van der Waals surface area (Å²) in [6.07, 6.45) is 0. The van der Waals surface area contributed by atoms with Crippen molar-refractivity contribution in [3.63, 3.8) is 0 Å². The van der Waals surface area contributed by atoms with E-state index in [9.17, 15) is 9.90 Å². The molecule has 2 rings (SSSR count). The number of nitrogens with zero attached hydrogens (tertiary/aromatic N) is 1. The first kappa shape index (κ1) is 12.2. The number of amides is 1. The third-order valence-electron chi connectivity index (χ3n) is 3.01. The lowest BCUT2D eigenvalue weighted by atomic mass is 10.2. The Morgan fingerprint density at radius 1 is 1.22 bits per heavy atom. The van der Waals surface area contributed by atoms with Crippen LogP contribution in [0.25, 0.3) is 5.69 Å². The number of phenolic OH excluding ortho intramolecular Hbond substituents is 1. The molecule has 0 bridgehead atoms. The molecule has 4 nitrogen and oxygen atoms in total. The topological polar surface area (TPSA) is 54.3 Å². The molecular weight excluding hydrogens is 228 g/mol. The maximum Gasteiger partial charge on any atom is 0.252 e. The Labute approximate surface area is 106 Å². The molecule has 0 fully saturated rings. The van der Waals surface area contributed by atoms with Gasteiger partial charge in [-0.05, 0) is 44.2 Å². The Kier molecular flexibility index (Phi) is 3.10. The summed E-state index contributed by atoms with van der Waals surface area (Å²) in [4.78, 5) is 11.7. The Morgan fingerprint density at radius 2 is 1.83 bits per heavy atom. The van der Waals surface area contributed by atoms with Crippen LogP contribution >= 0.6 is 0 Å². The first-order valence-electron chi connectivity index (χ1n) is 5.75. The van der Waals surface area contributed by atoms with Crippen molar-refractivity contribution in [3.05, 3.63) is 47.3 Å². The highest BCUT2D eigenvalue weighted by molar-refractivity contribution is 5.95. The van der Waals surface area contributed by atoms with Crippen LogP contribution in [0.3, 0.4) is 0 Å². The van der Waals surface area contributed by atoms with Crippen LogP contribution < -0.4 is 5.32 Å². The minimum atomic E-state index is -0.0897. The van der Waals surface area contributed by atoms with E-state index in [1.165, 1.54) is 0 Å². The van der Waals surface area contributed by atoms with E-state index in [0.717, 1.165) is 17.1 Å². The normalized spacial score (nSPS) is 10.4. The third kappa shape index (κ3) is 1.97. The molecule has 2 N–H and O–H groups in total. The van der Waals surface area contributed by atoms with Crippen molar-refractivity contribution < 1.29 is 9.90 Å². The first-order chi connectivity index (χ1) is 8.54. The van der Waals surface area contributed by atoms with Gasteiger partial charge in [0.15, 0.2) is 0 Å². The fraction of sp³-hybridized carbons (Fsp3) is 0.214. The van der Waals surface area contributed by atoms with Crippen molar-refractivity contribution in [1.29, 1.82) is 0 Å². The minimum absolute atomic E-state index is 0.0897. The zero-order valence-electron chi connectivity index (χ0n) is 10.7.